The first-order valence-electron chi connectivity index (χ1n) is 13.7. The number of ether oxygens (including phenoxy) is 1. The monoisotopic (exact) mass is 532 g/mol. The van der Waals surface area contributed by atoms with E-state index >= 15 is 0 Å². The summed E-state index contributed by atoms with van der Waals surface area (Å²) in [4.78, 5) is 21.7. The largest absolute Gasteiger partial charge is 0.488 e. The van der Waals surface area contributed by atoms with Crippen molar-refractivity contribution < 1.29 is 9.53 Å². The second-order valence-electron chi connectivity index (χ2n) is 10.3. The van der Waals surface area contributed by atoms with Gasteiger partial charge in [0.05, 0.1) is 10.6 Å². The predicted octanol–water partition coefficient (Wildman–Crippen LogP) is 8.60. The van der Waals surface area contributed by atoms with Crippen LogP contribution in [0.4, 0.5) is 5.69 Å². The molecular formula is C34H32N2O2S. The van der Waals surface area contributed by atoms with E-state index in [0.29, 0.717) is 17.4 Å². The molecule has 1 saturated carbocycles. The summed E-state index contributed by atoms with van der Waals surface area (Å²) in [7, 11) is 0. The Bertz CT molecular complexity index is 1530. The first-order valence-corrected chi connectivity index (χ1v) is 14.5. The standard InChI is InChI=1S/C34H32N2O2S/c1-24-12-8-11-19-30(24)36-33(37)32(39-34(36)35-27-16-6-3-7-17-27)22-29-28-18-10-9-15-26(28)20-21-31(29)38-23-25-13-4-2-5-14-25/h2-7,9-10,13-18,20-22,24,30H,8,11-12,19,23H2,1H3/b32-22-,35-34?/t24-,30-/m1/s1. The number of aliphatic imine (C=N–C) groups is 1. The molecule has 4 nitrogen and oxygen atoms in total. The molecule has 1 aliphatic heterocycles. The summed E-state index contributed by atoms with van der Waals surface area (Å²) >= 11 is 1.48. The minimum atomic E-state index is 0.0374. The Labute approximate surface area is 234 Å². The van der Waals surface area contributed by atoms with E-state index in [2.05, 4.69) is 37.3 Å². The van der Waals surface area contributed by atoms with Gasteiger partial charge in [-0.2, -0.15) is 0 Å². The molecule has 2 fully saturated rings. The highest BCUT2D eigenvalue weighted by Crippen LogP contribution is 2.42. The van der Waals surface area contributed by atoms with Gasteiger partial charge in [-0.3, -0.25) is 9.69 Å². The van der Waals surface area contributed by atoms with Crippen molar-refractivity contribution >= 4 is 45.4 Å². The Hall–Kier alpha value is -3.83. The van der Waals surface area contributed by atoms with E-state index in [1.807, 2.05) is 77.7 Å². The summed E-state index contributed by atoms with van der Waals surface area (Å²) in [5.41, 5.74) is 2.89. The van der Waals surface area contributed by atoms with Crippen LogP contribution in [0.5, 0.6) is 5.75 Å². The molecule has 4 aromatic rings. The van der Waals surface area contributed by atoms with Crippen LogP contribution >= 0.6 is 11.8 Å². The van der Waals surface area contributed by atoms with E-state index in [4.69, 9.17) is 9.73 Å². The molecule has 39 heavy (non-hydrogen) atoms. The molecule has 0 N–H and O–H groups in total. The van der Waals surface area contributed by atoms with Crippen LogP contribution in [0.15, 0.2) is 107 Å². The lowest BCUT2D eigenvalue weighted by atomic mass is 9.85. The third-order valence-electron chi connectivity index (χ3n) is 7.66. The number of amides is 1. The maximum Gasteiger partial charge on any atom is 0.267 e. The van der Waals surface area contributed by atoms with E-state index < -0.39 is 0 Å². The van der Waals surface area contributed by atoms with Gasteiger partial charge in [-0.1, -0.05) is 98.6 Å². The summed E-state index contributed by atoms with van der Waals surface area (Å²) in [6, 6.07) is 32.6. The number of amidine groups is 1. The number of nitrogens with zero attached hydrogens (tertiary/aromatic N) is 2. The molecule has 2 aliphatic rings. The number of carbonyl (C=O) groups is 1. The highest BCUT2D eigenvalue weighted by atomic mass is 32.2. The van der Waals surface area contributed by atoms with Crippen molar-refractivity contribution in [2.45, 2.75) is 45.3 Å². The van der Waals surface area contributed by atoms with Crippen LogP contribution < -0.4 is 4.74 Å². The third-order valence-corrected chi connectivity index (χ3v) is 8.64. The second kappa shape index (κ2) is 11.5. The van der Waals surface area contributed by atoms with E-state index in [1.165, 1.54) is 18.2 Å². The van der Waals surface area contributed by atoms with Gasteiger partial charge in [0.25, 0.3) is 5.91 Å². The number of fused-ring (bicyclic) bond motifs is 1. The zero-order valence-electron chi connectivity index (χ0n) is 22.1. The maximum atomic E-state index is 14.1. The van der Waals surface area contributed by atoms with Crippen LogP contribution in [0.2, 0.25) is 0 Å². The molecule has 0 aromatic heterocycles. The zero-order chi connectivity index (χ0) is 26.6. The van der Waals surface area contributed by atoms with Gasteiger partial charge in [0, 0.05) is 11.6 Å². The van der Waals surface area contributed by atoms with Gasteiger partial charge in [0.1, 0.15) is 12.4 Å². The van der Waals surface area contributed by atoms with Crippen molar-refractivity contribution in [2.24, 2.45) is 10.9 Å². The molecule has 1 amide bonds. The Morgan fingerprint density at radius 2 is 1.62 bits per heavy atom. The van der Waals surface area contributed by atoms with Gasteiger partial charge in [0.15, 0.2) is 5.17 Å². The minimum absolute atomic E-state index is 0.0374. The molecule has 0 spiro atoms. The molecule has 0 unspecified atom stereocenters. The fraction of sp³-hybridized carbons (Fsp3) is 0.235. The summed E-state index contributed by atoms with van der Waals surface area (Å²) in [5, 5.41) is 2.95. The number of hydrogen-bond acceptors (Lipinski definition) is 4. The lowest BCUT2D eigenvalue weighted by Crippen LogP contribution is -2.44. The molecule has 6 rings (SSSR count). The Balaban J connectivity index is 1.42. The van der Waals surface area contributed by atoms with Gasteiger partial charge in [0.2, 0.25) is 0 Å². The van der Waals surface area contributed by atoms with Crippen molar-refractivity contribution in [3.05, 3.63) is 113 Å². The van der Waals surface area contributed by atoms with Crippen LogP contribution in [0.1, 0.15) is 43.7 Å². The van der Waals surface area contributed by atoms with Gasteiger partial charge in [-0.25, -0.2) is 4.99 Å². The molecule has 0 radical (unpaired) electrons. The Morgan fingerprint density at radius 3 is 2.41 bits per heavy atom. The van der Waals surface area contributed by atoms with Crippen LogP contribution in [-0.2, 0) is 11.4 Å². The van der Waals surface area contributed by atoms with Crippen LogP contribution in [0.3, 0.4) is 0 Å². The summed E-state index contributed by atoms with van der Waals surface area (Å²) in [6.45, 7) is 2.73. The van der Waals surface area contributed by atoms with Crippen molar-refractivity contribution in [1.29, 1.82) is 0 Å². The quantitative estimate of drug-likeness (QED) is 0.234. The topological polar surface area (TPSA) is 41.9 Å². The molecule has 0 bridgehead atoms. The fourth-order valence-corrected chi connectivity index (χ4v) is 6.59. The molecule has 1 heterocycles. The molecule has 2 atom stereocenters. The summed E-state index contributed by atoms with van der Waals surface area (Å²) in [6.07, 6.45) is 6.52. The van der Waals surface area contributed by atoms with E-state index in [-0.39, 0.29) is 11.9 Å². The summed E-state index contributed by atoms with van der Waals surface area (Å²) < 4.78 is 6.35. The van der Waals surface area contributed by atoms with Gasteiger partial charge < -0.3 is 4.74 Å². The number of para-hydroxylation sites is 1. The molecule has 5 heteroatoms. The highest BCUT2D eigenvalue weighted by molar-refractivity contribution is 8.18. The van der Waals surface area contributed by atoms with Crippen molar-refractivity contribution in [3.8, 4) is 5.75 Å². The first-order chi connectivity index (χ1) is 19.2. The molecule has 1 saturated heterocycles. The van der Waals surface area contributed by atoms with E-state index in [0.717, 1.165) is 57.8 Å². The van der Waals surface area contributed by atoms with Gasteiger partial charge in [-0.05, 0) is 71.1 Å². The average molecular weight is 533 g/mol. The van der Waals surface area contributed by atoms with Crippen LogP contribution in [0.25, 0.3) is 16.8 Å². The smallest absolute Gasteiger partial charge is 0.267 e. The maximum absolute atomic E-state index is 14.1. The SMILES string of the molecule is C[C@@H]1CCCC[C@H]1N1C(=O)/C(=C/c2c(OCc3ccccc3)ccc3ccccc23)SC1=Nc1ccccc1. The van der Waals surface area contributed by atoms with E-state index in [1.54, 1.807) is 0 Å². The van der Waals surface area contributed by atoms with Crippen LogP contribution in [-0.4, -0.2) is 22.0 Å². The number of carbonyl (C=O) groups excluding carboxylic acids is 1. The lowest BCUT2D eigenvalue weighted by molar-refractivity contribution is -0.124. The number of thioether (sulfide) groups is 1. The van der Waals surface area contributed by atoms with Crippen molar-refractivity contribution in [3.63, 3.8) is 0 Å². The normalized spacial score (nSPS) is 21.7. The fourth-order valence-electron chi connectivity index (χ4n) is 5.57. The van der Waals surface area contributed by atoms with E-state index in [9.17, 15) is 4.79 Å². The minimum Gasteiger partial charge on any atom is -0.488 e. The van der Waals surface area contributed by atoms with Crippen molar-refractivity contribution in [2.75, 3.05) is 0 Å². The Kier molecular flexibility index (Phi) is 7.51. The Morgan fingerprint density at radius 1 is 0.897 bits per heavy atom. The van der Waals surface area contributed by atoms with Gasteiger partial charge in [-0.15, -0.1) is 0 Å². The number of benzene rings is 4. The first kappa shape index (κ1) is 25.4. The zero-order valence-corrected chi connectivity index (χ0v) is 22.9. The van der Waals surface area contributed by atoms with Crippen molar-refractivity contribution in [1.82, 2.24) is 4.90 Å². The summed E-state index contributed by atoms with van der Waals surface area (Å²) in [5.74, 6) is 1.24. The molecular weight excluding hydrogens is 500 g/mol. The second-order valence-corrected chi connectivity index (χ2v) is 11.3. The number of hydrogen-bond donors (Lipinski definition) is 0. The lowest BCUT2D eigenvalue weighted by Gasteiger charge is -2.35. The number of rotatable bonds is 6. The molecule has 4 aromatic carbocycles. The molecule has 196 valence electrons. The average Bonchev–Trinajstić information content (AvgIpc) is 3.27. The third kappa shape index (κ3) is 5.50. The van der Waals surface area contributed by atoms with Gasteiger partial charge >= 0.3 is 0 Å². The molecule has 1 aliphatic carbocycles. The predicted molar refractivity (Wildman–Crippen MR) is 162 cm³/mol. The van der Waals surface area contributed by atoms with Crippen LogP contribution in [0, 0.1) is 5.92 Å². The highest BCUT2D eigenvalue weighted by Gasteiger charge is 2.41.